The summed E-state index contributed by atoms with van der Waals surface area (Å²) in [5.74, 6) is -1.65. The van der Waals surface area contributed by atoms with Crippen LogP contribution in [0.5, 0.6) is 0 Å². The van der Waals surface area contributed by atoms with Crippen molar-refractivity contribution in [1.29, 1.82) is 0 Å². The number of aryl methyl sites for hydroxylation is 1. The van der Waals surface area contributed by atoms with E-state index in [2.05, 4.69) is 20.1 Å². The van der Waals surface area contributed by atoms with Crippen LogP contribution >= 0.6 is 0 Å². The predicted molar refractivity (Wildman–Crippen MR) is 125 cm³/mol. The molecule has 34 heavy (non-hydrogen) atoms. The second kappa shape index (κ2) is 9.95. The standard InChI is InChI=1S/C25H22N4O5/c1-3-29-23-20(14-26-29)19(13-21(28-23)16-7-5-4-6-8-16)25(32)34-15-22(30)27-18-11-9-17(10-12-18)24(31)33-2/h4-14H,3,15H2,1-2H3,(H,27,30). The fourth-order valence-corrected chi connectivity index (χ4v) is 3.42. The number of pyridine rings is 1. The van der Waals surface area contributed by atoms with Gasteiger partial charge in [0.2, 0.25) is 0 Å². The molecule has 0 aliphatic heterocycles. The molecule has 0 atom stereocenters. The molecule has 2 heterocycles. The molecule has 0 saturated carbocycles. The van der Waals surface area contributed by atoms with Crippen LogP contribution in [0.15, 0.2) is 66.9 Å². The first kappa shape index (κ1) is 22.7. The van der Waals surface area contributed by atoms with Crippen LogP contribution in [-0.4, -0.2) is 46.3 Å². The summed E-state index contributed by atoms with van der Waals surface area (Å²) in [6.07, 6.45) is 1.57. The highest BCUT2D eigenvalue weighted by Gasteiger charge is 2.19. The van der Waals surface area contributed by atoms with Gasteiger partial charge in [0.05, 0.1) is 35.5 Å². The zero-order valence-corrected chi connectivity index (χ0v) is 18.6. The molecule has 172 valence electrons. The van der Waals surface area contributed by atoms with Crippen molar-refractivity contribution >= 4 is 34.6 Å². The van der Waals surface area contributed by atoms with Crippen molar-refractivity contribution in [2.75, 3.05) is 19.0 Å². The number of hydrogen-bond donors (Lipinski definition) is 1. The third kappa shape index (κ3) is 4.78. The van der Waals surface area contributed by atoms with Crippen LogP contribution in [0, 0.1) is 0 Å². The number of aromatic nitrogens is 3. The van der Waals surface area contributed by atoms with Crippen LogP contribution in [0.1, 0.15) is 27.6 Å². The highest BCUT2D eigenvalue weighted by Crippen LogP contribution is 2.25. The maximum Gasteiger partial charge on any atom is 0.339 e. The summed E-state index contributed by atoms with van der Waals surface area (Å²) in [7, 11) is 1.29. The van der Waals surface area contributed by atoms with Gasteiger partial charge in [-0.2, -0.15) is 5.10 Å². The Balaban J connectivity index is 1.51. The number of carbonyl (C=O) groups excluding carboxylic acids is 3. The molecule has 0 bridgehead atoms. The van der Waals surface area contributed by atoms with E-state index in [1.807, 2.05) is 37.3 Å². The van der Waals surface area contributed by atoms with Gasteiger partial charge in [0.25, 0.3) is 5.91 Å². The Morgan fingerprint density at radius 3 is 2.41 bits per heavy atom. The number of hydrogen-bond acceptors (Lipinski definition) is 7. The van der Waals surface area contributed by atoms with Gasteiger partial charge in [-0.05, 0) is 37.3 Å². The minimum absolute atomic E-state index is 0.277. The fraction of sp³-hybridized carbons (Fsp3) is 0.160. The Morgan fingerprint density at radius 2 is 1.74 bits per heavy atom. The maximum absolute atomic E-state index is 12.9. The molecule has 0 radical (unpaired) electrons. The van der Waals surface area contributed by atoms with Crippen molar-refractivity contribution in [2.24, 2.45) is 0 Å². The largest absolute Gasteiger partial charge is 0.465 e. The summed E-state index contributed by atoms with van der Waals surface area (Å²) in [5.41, 5.74) is 3.09. The molecule has 9 nitrogen and oxygen atoms in total. The number of fused-ring (bicyclic) bond motifs is 1. The fourth-order valence-electron chi connectivity index (χ4n) is 3.42. The van der Waals surface area contributed by atoms with E-state index < -0.39 is 24.5 Å². The van der Waals surface area contributed by atoms with Gasteiger partial charge in [-0.25, -0.2) is 19.3 Å². The molecule has 1 N–H and O–H groups in total. The number of nitrogens with zero attached hydrogens (tertiary/aromatic N) is 3. The van der Waals surface area contributed by atoms with Crippen LogP contribution in [0.3, 0.4) is 0 Å². The molecule has 0 fully saturated rings. The Bertz CT molecular complexity index is 1350. The van der Waals surface area contributed by atoms with E-state index in [9.17, 15) is 14.4 Å². The van der Waals surface area contributed by atoms with Gasteiger partial charge < -0.3 is 14.8 Å². The summed E-state index contributed by atoms with van der Waals surface area (Å²) in [6.45, 7) is 2.04. The molecular weight excluding hydrogens is 436 g/mol. The average Bonchev–Trinajstić information content (AvgIpc) is 3.30. The first-order valence-corrected chi connectivity index (χ1v) is 10.6. The quantitative estimate of drug-likeness (QED) is 0.420. The normalized spacial score (nSPS) is 10.6. The number of carbonyl (C=O) groups is 3. The molecule has 0 aliphatic carbocycles. The Morgan fingerprint density at radius 1 is 1.00 bits per heavy atom. The Labute approximate surface area is 195 Å². The molecule has 0 spiro atoms. The lowest BCUT2D eigenvalue weighted by Crippen LogP contribution is -2.21. The van der Waals surface area contributed by atoms with Crippen LogP contribution in [0.25, 0.3) is 22.3 Å². The molecule has 2 aromatic carbocycles. The Hall–Kier alpha value is -4.53. The zero-order valence-electron chi connectivity index (χ0n) is 18.6. The van der Waals surface area contributed by atoms with Crippen molar-refractivity contribution < 1.29 is 23.9 Å². The number of amides is 1. The molecule has 2 aromatic heterocycles. The third-order valence-electron chi connectivity index (χ3n) is 5.12. The highest BCUT2D eigenvalue weighted by molar-refractivity contribution is 6.05. The summed E-state index contributed by atoms with van der Waals surface area (Å²) in [5, 5.41) is 7.47. The van der Waals surface area contributed by atoms with E-state index in [4.69, 9.17) is 4.74 Å². The van der Waals surface area contributed by atoms with Gasteiger partial charge in [-0.1, -0.05) is 30.3 Å². The molecule has 4 rings (SSSR count). The van der Waals surface area contributed by atoms with Crippen molar-refractivity contribution in [3.05, 3.63) is 78.0 Å². The molecule has 9 heteroatoms. The molecule has 0 saturated heterocycles. The monoisotopic (exact) mass is 458 g/mol. The van der Waals surface area contributed by atoms with Crippen molar-refractivity contribution in [1.82, 2.24) is 14.8 Å². The first-order valence-electron chi connectivity index (χ1n) is 10.6. The Kier molecular flexibility index (Phi) is 6.63. The average molecular weight is 458 g/mol. The molecule has 0 unspecified atom stereocenters. The van der Waals surface area contributed by atoms with Crippen LogP contribution in [0.2, 0.25) is 0 Å². The first-order chi connectivity index (χ1) is 16.5. The molecule has 0 aliphatic rings. The number of ether oxygens (including phenoxy) is 2. The van der Waals surface area contributed by atoms with Crippen LogP contribution in [0.4, 0.5) is 5.69 Å². The lowest BCUT2D eigenvalue weighted by Gasteiger charge is -2.10. The topological polar surface area (TPSA) is 112 Å². The van der Waals surface area contributed by atoms with E-state index in [-0.39, 0.29) is 5.56 Å². The van der Waals surface area contributed by atoms with Crippen LogP contribution < -0.4 is 5.32 Å². The number of methoxy groups -OCH3 is 1. The summed E-state index contributed by atoms with van der Waals surface area (Å²) < 4.78 is 11.6. The highest BCUT2D eigenvalue weighted by atomic mass is 16.5. The molecule has 4 aromatic rings. The van der Waals surface area contributed by atoms with Crippen molar-refractivity contribution in [3.63, 3.8) is 0 Å². The second-order valence-corrected chi connectivity index (χ2v) is 7.31. The number of esters is 2. The van der Waals surface area contributed by atoms with E-state index in [0.29, 0.717) is 34.5 Å². The SMILES string of the molecule is CCn1ncc2c(C(=O)OCC(=O)Nc3ccc(C(=O)OC)cc3)cc(-c3ccccc3)nc21. The lowest BCUT2D eigenvalue weighted by molar-refractivity contribution is -0.119. The van der Waals surface area contributed by atoms with Gasteiger partial charge in [0.1, 0.15) is 0 Å². The van der Waals surface area contributed by atoms with Gasteiger partial charge in [-0.15, -0.1) is 0 Å². The molecular formula is C25H22N4O5. The summed E-state index contributed by atoms with van der Waals surface area (Å²) >= 11 is 0. The number of rotatable bonds is 7. The maximum atomic E-state index is 12.9. The van der Waals surface area contributed by atoms with Gasteiger partial charge in [-0.3, -0.25) is 4.79 Å². The van der Waals surface area contributed by atoms with Gasteiger partial charge >= 0.3 is 11.9 Å². The second-order valence-electron chi connectivity index (χ2n) is 7.31. The van der Waals surface area contributed by atoms with Crippen LogP contribution in [-0.2, 0) is 20.8 Å². The number of benzene rings is 2. The third-order valence-corrected chi connectivity index (χ3v) is 5.12. The minimum Gasteiger partial charge on any atom is -0.465 e. The smallest absolute Gasteiger partial charge is 0.339 e. The van der Waals surface area contributed by atoms with E-state index >= 15 is 0 Å². The van der Waals surface area contributed by atoms with E-state index in [0.717, 1.165) is 5.56 Å². The van der Waals surface area contributed by atoms with E-state index in [1.54, 1.807) is 29.1 Å². The molecule has 1 amide bonds. The van der Waals surface area contributed by atoms with Gasteiger partial charge in [0.15, 0.2) is 12.3 Å². The van der Waals surface area contributed by atoms with E-state index in [1.165, 1.54) is 19.2 Å². The number of anilines is 1. The summed E-state index contributed by atoms with van der Waals surface area (Å²) in [6, 6.07) is 17.3. The van der Waals surface area contributed by atoms with Crippen molar-refractivity contribution in [3.8, 4) is 11.3 Å². The zero-order chi connectivity index (χ0) is 24.1. The predicted octanol–water partition coefficient (Wildman–Crippen LogP) is 3.70. The minimum atomic E-state index is -0.656. The van der Waals surface area contributed by atoms with Gasteiger partial charge in [0, 0.05) is 17.8 Å². The van der Waals surface area contributed by atoms with Crippen molar-refractivity contribution in [2.45, 2.75) is 13.5 Å². The number of nitrogens with one attached hydrogen (secondary N) is 1. The lowest BCUT2D eigenvalue weighted by atomic mass is 10.1. The summed E-state index contributed by atoms with van der Waals surface area (Å²) in [4.78, 5) is 41.4.